The van der Waals surface area contributed by atoms with E-state index >= 15 is 0 Å². The van der Waals surface area contributed by atoms with Crippen molar-refractivity contribution in [3.63, 3.8) is 0 Å². The molecule has 23 heavy (non-hydrogen) atoms. The summed E-state index contributed by atoms with van der Waals surface area (Å²) in [5, 5.41) is 11.4. The monoisotopic (exact) mass is 320 g/mol. The first-order chi connectivity index (χ1) is 10.9. The molecule has 6 nitrogen and oxygen atoms in total. The lowest BCUT2D eigenvalue weighted by Gasteiger charge is -2.25. The molecule has 0 fully saturated rings. The highest BCUT2D eigenvalue weighted by Gasteiger charge is 2.21. The topological polar surface area (TPSA) is 67.1 Å². The predicted molar refractivity (Wildman–Crippen MR) is 94.7 cm³/mol. The Morgan fingerprint density at radius 1 is 1.39 bits per heavy atom. The van der Waals surface area contributed by atoms with Crippen molar-refractivity contribution in [3.8, 4) is 0 Å². The maximum atomic E-state index is 4.72. The van der Waals surface area contributed by atoms with Crippen molar-refractivity contribution in [2.75, 3.05) is 13.1 Å². The Morgan fingerprint density at radius 2 is 2.17 bits per heavy atom. The molecule has 2 N–H and O–H groups in total. The zero-order chi connectivity index (χ0) is 16.9. The minimum absolute atomic E-state index is 0.365. The number of aromatic nitrogens is 3. The molecule has 1 unspecified atom stereocenters. The summed E-state index contributed by atoms with van der Waals surface area (Å²) < 4.78 is 2.03. The predicted octanol–water partition coefficient (Wildman–Crippen LogP) is 2.28. The van der Waals surface area contributed by atoms with Gasteiger partial charge >= 0.3 is 0 Å². The Morgan fingerprint density at radius 3 is 2.87 bits per heavy atom. The van der Waals surface area contributed by atoms with Crippen LogP contribution < -0.4 is 10.6 Å². The normalized spacial score (nSPS) is 18.7. The lowest BCUT2D eigenvalue weighted by molar-refractivity contribution is 0.367. The van der Waals surface area contributed by atoms with E-state index in [4.69, 9.17) is 4.99 Å². The number of aliphatic imine (C=N–C) groups is 1. The molecule has 0 amide bonds. The van der Waals surface area contributed by atoms with Gasteiger partial charge < -0.3 is 10.6 Å². The third-order valence-corrected chi connectivity index (χ3v) is 4.00. The van der Waals surface area contributed by atoms with Gasteiger partial charge in [0.1, 0.15) is 11.6 Å². The minimum Gasteiger partial charge on any atom is -0.357 e. The first kappa shape index (κ1) is 17.8. The van der Waals surface area contributed by atoms with Crippen molar-refractivity contribution in [1.82, 2.24) is 25.4 Å². The Kier molecular flexibility index (Phi) is 6.02. The van der Waals surface area contributed by atoms with E-state index in [0.29, 0.717) is 11.5 Å². The number of hydrogen-bond acceptors (Lipinski definition) is 3. The van der Waals surface area contributed by atoms with Crippen LogP contribution in [0.2, 0.25) is 0 Å². The largest absolute Gasteiger partial charge is 0.357 e. The first-order valence-electron chi connectivity index (χ1n) is 8.82. The second-order valence-electron chi connectivity index (χ2n) is 7.56. The second kappa shape index (κ2) is 7.79. The van der Waals surface area contributed by atoms with Gasteiger partial charge in [0.15, 0.2) is 5.96 Å². The minimum atomic E-state index is 0.365. The van der Waals surface area contributed by atoms with E-state index in [9.17, 15) is 0 Å². The molecule has 0 radical (unpaired) electrons. The third-order valence-electron chi connectivity index (χ3n) is 4.00. The van der Waals surface area contributed by atoms with E-state index in [1.165, 1.54) is 6.42 Å². The molecule has 0 saturated carbocycles. The molecule has 0 aromatic carbocycles. The Hall–Kier alpha value is -1.59. The summed E-state index contributed by atoms with van der Waals surface area (Å²) in [4.78, 5) is 9.18. The van der Waals surface area contributed by atoms with Crippen LogP contribution in [-0.4, -0.2) is 39.9 Å². The smallest absolute Gasteiger partial charge is 0.191 e. The van der Waals surface area contributed by atoms with Crippen molar-refractivity contribution in [2.24, 2.45) is 10.4 Å². The summed E-state index contributed by atoms with van der Waals surface area (Å²) in [5.41, 5.74) is 0.381. The molecule has 1 aromatic heterocycles. The van der Waals surface area contributed by atoms with Crippen LogP contribution >= 0.6 is 0 Å². The van der Waals surface area contributed by atoms with E-state index in [-0.39, 0.29) is 0 Å². The van der Waals surface area contributed by atoms with Gasteiger partial charge in [-0.2, -0.15) is 5.10 Å². The van der Waals surface area contributed by atoms with Gasteiger partial charge in [-0.1, -0.05) is 20.8 Å². The van der Waals surface area contributed by atoms with Gasteiger partial charge in [-0.15, -0.1) is 0 Å². The van der Waals surface area contributed by atoms with Crippen LogP contribution in [0.5, 0.6) is 0 Å². The van der Waals surface area contributed by atoms with E-state index < -0.39 is 0 Å². The second-order valence-corrected chi connectivity index (χ2v) is 7.56. The number of aryl methyl sites for hydroxylation is 2. The van der Waals surface area contributed by atoms with Crippen molar-refractivity contribution in [1.29, 1.82) is 0 Å². The van der Waals surface area contributed by atoms with E-state index in [1.807, 2.05) is 11.6 Å². The molecule has 6 heteroatoms. The summed E-state index contributed by atoms with van der Waals surface area (Å²) in [7, 11) is 0. The average Bonchev–Trinajstić information content (AvgIpc) is 2.82. The molecule has 0 saturated heterocycles. The Bertz CT molecular complexity index is 526. The van der Waals surface area contributed by atoms with Crippen LogP contribution in [-0.2, 0) is 13.0 Å². The van der Waals surface area contributed by atoms with Gasteiger partial charge in [-0.3, -0.25) is 4.99 Å². The summed E-state index contributed by atoms with van der Waals surface area (Å²) in [6.45, 7) is 13.5. The van der Waals surface area contributed by atoms with Crippen LogP contribution in [0.25, 0.3) is 0 Å². The molecule has 1 aliphatic rings. The van der Waals surface area contributed by atoms with Crippen LogP contribution in [0, 0.1) is 12.3 Å². The number of nitrogens with one attached hydrogen (secondary N) is 2. The van der Waals surface area contributed by atoms with Crippen LogP contribution in [0.3, 0.4) is 0 Å². The highest BCUT2D eigenvalue weighted by atomic mass is 15.4. The zero-order valence-electron chi connectivity index (χ0n) is 15.3. The van der Waals surface area contributed by atoms with E-state index in [2.05, 4.69) is 48.4 Å². The van der Waals surface area contributed by atoms with Crippen LogP contribution in [0.4, 0.5) is 0 Å². The fourth-order valence-electron chi connectivity index (χ4n) is 2.87. The highest BCUT2D eigenvalue weighted by Crippen LogP contribution is 2.20. The Labute approximate surface area is 140 Å². The Balaban J connectivity index is 1.87. The number of guanidine groups is 1. The van der Waals surface area contributed by atoms with Crippen LogP contribution in [0.15, 0.2) is 4.99 Å². The van der Waals surface area contributed by atoms with Crippen molar-refractivity contribution >= 4 is 5.96 Å². The van der Waals surface area contributed by atoms with E-state index in [1.54, 1.807) is 0 Å². The van der Waals surface area contributed by atoms with E-state index in [0.717, 1.165) is 56.5 Å². The molecule has 0 aliphatic carbocycles. The van der Waals surface area contributed by atoms with Gasteiger partial charge in [0.25, 0.3) is 0 Å². The van der Waals surface area contributed by atoms with Gasteiger partial charge in [-0.05, 0) is 38.5 Å². The first-order valence-corrected chi connectivity index (χ1v) is 8.82. The number of nitrogens with zero attached hydrogens (tertiary/aromatic N) is 4. The van der Waals surface area contributed by atoms with Crippen LogP contribution in [0.1, 0.15) is 58.6 Å². The number of rotatable bonds is 5. The molecule has 0 spiro atoms. The SMILES string of the molecule is CCNC(=NCCCC(C)(C)C)NC1CCc2nc(C)nn2C1. The molecular formula is C17H32N6. The van der Waals surface area contributed by atoms with Crippen molar-refractivity contribution < 1.29 is 0 Å². The fraction of sp³-hybridized carbons (Fsp3) is 0.824. The maximum Gasteiger partial charge on any atom is 0.191 e. The standard InChI is InChI=1S/C17H32N6/c1-6-18-16(19-11-7-10-17(3,4)5)21-14-8-9-15-20-13(2)22-23(15)12-14/h14H,6-12H2,1-5H3,(H2,18,19,21). The van der Waals surface area contributed by atoms with Gasteiger partial charge in [0.2, 0.25) is 0 Å². The maximum absolute atomic E-state index is 4.72. The lowest BCUT2D eigenvalue weighted by atomic mass is 9.91. The summed E-state index contributed by atoms with van der Waals surface area (Å²) in [6.07, 6.45) is 4.37. The lowest BCUT2D eigenvalue weighted by Crippen LogP contribution is -2.47. The quantitative estimate of drug-likeness (QED) is 0.496. The summed E-state index contributed by atoms with van der Waals surface area (Å²) in [5.74, 6) is 2.89. The molecule has 130 valence electrons. The summed E-state index contributed by atoms with van der Waals surface area (Å²) in [6, 6.07) is 0.365. The molecule has 1 aromatic rings. The van der Waals surface area contributed by atoms with Crippen molar-refractivity contribution in [2.45, 2.75) is 72.9 Å². The van der Waals surface area contributed by atoms with Gasteiger partial charge in [-0.25, -0.2) is 9.67 Å². The molecule has 2 rings (SSSR count). The average molecular weight is 320 g/mol. The molecule has 1 atom stereocenters. The number of fused-ring (bicyclic) bond motifs is 1. The van der Waals surface area contributed by atoms with Gasteiger partial charge in [0.05, 0.1) is 6.54 Å². The third kappa shape index (κ3) is 5.84. The molecule has 0 bridgehead atoms. The molecule has 1 aliphatic heterocycles. The molecular weight excluding hydrogens is 288 g/mol. The van der Waals surface area contributed by atoms with Crippen molar-refractivity contribution in [3.05, 3.63) is 11.6 Å². The highest BCUT2D eigenvalue weighted by molar-refractivity contribution is 5.80. The van der Waals surface area contributed by atoms with Gasteiger partial charge in [0, 0.05) is 25.6 Å². The number of hydrogen-bond donors (Lipinski definition) is 2. The fourth-order valence-corrected chi connectivity index (χ4v) is 2.87. The summed E-state index contributed by atoms with van der Waals surface area (Å²) >= 11 is 0. The molecule has 2 heterocycles. The zero-order valence-corrected chi connectivity index (χ0v) is 15.3.